The number of benzene rings is 2. The Morgan fingerprint density at radius 2 is 1.94 bits per heavy atom. The third-order valence-electron chi connectivity index (χ3n) is 5.39. The number of thioether (sulfide) groups is 1. The minimum atomic E-state index is -0.115. The predicted octanol–water partition coefficient (Wildman–Crippen LogP) is 5.08. The number of hydrogen-bond donors (Lipinski definition) is 1. The second-order valence-corrected chi connectivity index (χ2v) is 9.63. The molecule has 0 aliphatic carbocycles. The van der Waals surface area contributed by atoms with Crippen LogP contribution in [0.1, 0.15) is 34.1 Å². The highest BCUT2D eigenvalue weighted by molar-refractivity contribution is 7.99. The number of anilines is 1. The lowest BCUT2D eigenvalue weighted by molar-refractivity contribution is 0.102. The number of methoxy groups -OCH3 is 2. The van der Waals surface area contributed by atoms with Crippen LogP contribution >= 0.6 is 23.1 Å². The molecule has 4 rings (SSSR count). The Labute approximate surface area is 197 Å². The number of rotatable bonds is 8. The zero-order valence-corrected chi connectivity index (χ0v) is 20.1. The molecule has 0 bridgehead atoms. The number of carbonyl (C=O) groups excluding carboxylic acids is 1. The number of hydrogen-bond acceptors (Lipinski definition) is 7. The monoisotopic (exact) mass is 469 g/mol. The second kappa shape index (κ2) is 10.4. The minimum Gasteiger partial charge on any atom is -0.493 e. The molecule has 8 heteroatoms. The van der Waals surface area contributed by atoms with E-state index in [2.05, 4.69) is 34.3 Å². The maximum Gasteiger partial charge on any atom is 0.258 e. The van der Waals surface area contributed by atoms with Crippen molar-refractivity contribution in [1.82, 2.24) is 9.88 Å². The molecule has 0 atom stereocenters. The summed E-state index contributed by atoms with van der Waals surface area (Å²) in [5.74, 6) is 2.34. The van der Waals surface area contributed by atoms with Crippen molar-refractivity contribution in [3.05, 3.63) is 64.2 Å². The first-order valence-electron chi connectivity index (χ1n) is 10.5. The highest BCUT2D eigenvalue weighted by atomic mass is 32.2. The summed E-state index contributed by atoms with van der Waals surface area (Å²) in [6.07, 6.45) is 0.954. The maximum absolute atomic E-state index is 12.8. The van der Waals surface area contributed by atoms with Crippen molar-refractivity contribution in [2.75, 3.05) is 31.8 Å². The summed E-state index contributed by atoms with van der Waals surface area (Å²) in [5, 5.41) is 5.61. The van der Waals surface area contributed by atoms with Crippen molar-refractivity contribution in [1.29, 1.82) is 0 Å². The molecule has 0 saturated heterocycles. The molecule has 1 aromatic heterocycles. The smallest absolute Gasteiger partial charge is 0.258 e. The summed E-state index contributed by atoms with van der Waals surface area (Å²) < 4.78 is 10.9. The molecule has 1 amide bonds. The van der Waals surface area contributed by atoms with E-state index in [-0.39, 0.29) is 5.91 Å². The molecule has 2 heterocycles. The van der Waals surface area contributed by atoms with Crippen LogP contribution in [0.3, 0.4) is 0 Å². The first-order valence-corrected chi connectivity index (χ1v) is 12.4. The summed E-state index contributed by atoms with van der Waals surface area (Å²) in [4.78, 5) is 20.8. The Morgan fingerprint density at radius 1 is 1.19 bits per heavy atom. The number of nitrogens with one attached hydrogen (secondary N) is 1. The lowest BCUT2D eigenvalue weighted by atomic mass is 9.98. The van der Waals surface area contributed by atoms with E-state index in [0.717, 1.165) is 53.9 Å². The Kier molecular flexibility index (Phi) is 7.34. The molecule has 0 radical (unpaired) electrons. The molecule has 32 heavy (non-hydrogen) atoms. The van der Waals surface area contributed by atoms with Gasteiger partial charge in [-0.2, -0.15) is 0 Å². The van der Waals surface area contributed by atoms with E-state index in [9.17, 15) is 4.79 Å². The van der Waals surface area contributed by atoms with Crippen LogP contribution in [0, 0.1) is 0 Å². The Bertz CT molecular complexity index is 1100. The van der Waals surface area contributed by atoms with Gasteiger partial charge in [0.1, 0.15) is 0 Å². The van der Waals surface area contributed by atoms with Gasteiger partial charge in [-0.05, 0) is 47.6 Å². The van der Waals surface area contributed by atoms with Crippen molar-refractivity contribution in [3.8, 4) is 11.5 Å². The summed E-state index contributed by atoms with van der Waals surface area (Å²) in [6, 6.07) is 11.8. The molecule has 3 aromatic rings. The molecule has 1 aliphatic rings. The number of nitrogens with zero attached hydrogens (tertiary/aromatic N) is 2. The van der Waals surface area contributed by atoms with Gasteiger partial charge in [0, 0.05) is 29.9 Å². The van der Waals surface area contributed by atoms with Crippen molar-refractivity contribution in [2.24, 2.45) is 0 Å². The lowest BCUT2D eigenvalue weighted by Crippen LogP contribution is -2.30. The Hall–Kier alpha value is -2.55. The maximum atomic E-state index is 12.8. The summed E-state index contributed by atoms with van der Waals surface area (Å²) >= 11 is 3.13. The van der Waals surface area contributed by atoms with Crippen LogP contribution in [0.5, 0.6) is 11.5 Å². The van der Waals surface area contributed by atoms with E-state index in [1.165, 1.54) is 22.5 Å². The van der Waals surface area contributed by atoms with Crippen LogP contribution in [0.4, 0.5) is 5.13 Å². The normalized spacial score (nSPS) is 13.5. The first-order chi connectivity index (χ1) is 15.6. The molecule has 0 fully saturated rings. The summed E-state index contributed by atoms with van der Waals surface area (Å²) in [6.45, 7) is 4.60. The summed E-state index contributed by atoms with van der Waals surface area (Å²) in [5.41, 5.74) is 4.20. The SMILES string of the molecule is CCSc1ccccc1C(=O)Nc1nc(CN2CCc3cc(OC)c(OC)cc3C2)cs1. The van der Waals surface area contributed by atoms with Gasteiger partial charge in [0.25, 0.3) is 5.91 Å². The predicted molar refractivity (Wildman–Crippen MR) is 130 cm³/mol. The van der Waals surface area contributed by atoms with Crippen LogP contribution in [-0.4, -0.2) is 42.3 Å². The Balaban J connectivity index is 1.40. The fourth-order valence-electron chi connectivity index (χ4n) is 3.84. The third-order valence-corrected chi connectivity index (χ3v) is 7.15. The van der Waals surface area contributed by atoms with Gasteiger partial charge >= 0.3 is 0 Å². The van der Waals surface area contributed by atoms with Gasteiger partial charge in [-0.3, -0.25) is 15.0 Å². The topological polar surface area (TPSA) is 63.7 Å². The molecule has 0 unspecified atom stereocenters. The van der Waals surface area contributed by atoms with E-state index >= 15 is 0 Å². The van der Waals surface area contributed by atoms with E-state index in [1.807, 2.05) is 29.6 Å². The van der Waals surface area contributed by atoms with E-state index in [1.54, 1.807) is 26.0 Å². The second-order valence-electron chi connectivity index (χ2n) is 7.46. The van der Waals surface area contributed by atoms with Gasteiger partial charge in [0.15, 0.2) is 16.6 Å². The fraction of sp³-hybridized carbons (Fsp3) is 0.333. The quantitative estimate of drug-likeness (QED) is 0.464. The van der Waals surface area contributed by atoms with E-state index in [4.69, 9.17) is 9.47 Å². The largest absolute Gasteiger partial charge is 0.493 e. The zero-order chi connectivity index (χ0) is 22.5. The lowest BCUT2D eigenvalue weighted by Gasteiger charge is -2.29. The van der Waals surface area contributed by atoms with Crippen molar-refractivity contribution in [3.63, 3.8) is 0 Å². The molecule has 1 N–H and O–H groups in total. The zero-order valence-electron chi connectivity index (χ0n) is 18.5. The first kappa shape index (κ1) is 22.6. The number of amides is 1. The minimum absolute atomic E-state index is 0.115. The molecule has 0 saturated carbocycles. The van der Waals surface area contributed by atoms with Gasteiger partial charge in [0.2, 0.25) is 0 Å². The van der Waals surface area contributed by atoms with Gasteiger partial charge in [0.05, 0.1) is 25.5 Å². The molecule has 2 aromatic carbocycles. The summed E-state index contributed by atoms with van der Waals surface area (Å²) in [7, 11) is 3.33. The number of carbonyl (C=O) groups is 1. The van der Waals surface area contributed by atoms with Crippen LogP contribution in [0.25, 0.3) is 0 Å². The molecule has 168 valence electrons. The van der Waals surface area contributed by atoms with Gasteiger partial charge in [-0.1, -0.05) is 19.1 Å². The molecule has 6 nitrogen and oxygen atoms in total. The van der Waals surface area contributed by atoms with E-state index in [0.29, 0.717) is 10.7 Å². The average molecular weight is 470 g/mol. The Morgan fingerprint density at radius 3 is 2.69 bits per heavy atom. The highest BCUT2D eigenvalue weighted by Gasteiger charge is 2.21. The fourth-order valence-corrected chi connectivity index (χ4v) is 5.34. The van der Waals surface area contributed by atoms with Crippen LogP contribution in [-0.2, 0) is 19.5 Å². The number of fused-ring (bicyclic) bond motifs is 1. The third kappa shape index (κ3) is 5.09. The number of ether oxygens (including phenoxy) is 2. The van der Waals surface area contributed by atoms with Crippen molar-refractivity contribution >= 4 is 34.1 Å². The molecule has 0 spiro atoms. The van der Waals surface area contributed by atoms with Crippen molar-refractivity contribution < 1.29 is 14.3 Å². The number of thiazole rings is 1. The average Bonchev–Trinajstić information content (AvgIpc) is 3.25. The van der Waals surface area contributed by atoms with Crippen LogP contribution in [0.2, 0.25) is 0 Å². The van der Waals surface area contributed by atoms with Gasteiger partial charge in [-0.25, -0.2) is 4.98 Å². The molecule has 1 aliphatic heterocycles. The van der Waals surface area contributed by atoms with Gasteiger partial charge in [-0.15, -0.1) is 23.1 Å². The van der Waals surface area contributed by atoms with E-state index < -0.39 is 0 Å². The van der Waals surface area contributed by atoms with Crippen molar-refractivity contribution in [2.45, 2.75) is 31.3 Å². The van der Waals surface area contributed by atoms with Crippen LogP contribution in [0.15, 0.2) is 46.7 Å². The highest BCUT2D eigenvalue weighted by Crippen LogP contribution is 2.33. The standard InChI is InChI=1S/C24H27N3O3S2/c1-4-31-22-8-6-5-7-19(22)23(28)26-24-25-18(15-32-24)14-27-10-9-16-11-20(29-2)21(30-3)12-17(16)13-27/h5-8,11-12,15H,4,9-10,13-14H2,1-3H3,(H,25,26,28). The molecular formula is C24H27N3O3S2. The van der Waals surface area contributed by atoms with Gasteiger partial charge < -0.3 is 9.47 Å². The number of aromatic nitrogens is 1. The molecular weight excluding hydrogens is 442 g/mol. The van der Waals surface area contributed by atoms with Crippen LogP contribution < -0.4 is 14.8 Å².